The number of nitrogens with zero attached hydrogens (tertiary/aromatic N) is 3. The van der Waals surface area contributed by atoms with Crippen LogP contribution in [0.2, 0.25) is 0 Å². The summed E-state index contributed by atoms with van der Waals surface area (Å²) in [4.78, 5) is 58.4. The minimum absolute atomic E-state index is 0.143. The highest BCUT2D eigenvalue weighted by Crippen LogP contribution is 2.36. The Morgan fingerprint density at radius 1 is 0.767 bits per heavy atom. The predicted octanol–water partition coefficient (Wildman–Crippen LogP) is 3.33. The van der Waals surface area contributed by atoms with Gasteiger partial charge in [-0.3, -0.25) is 4.79 Å². The molecule has 0 spiro atoms. The monoisotopic (exact) mass is 580 g/mol. The minimum Gasteiger partial charge on any atom is -0.459 e. The first kappa shape index (κ1) is 27.5. The minimum atomic E-state index is -1.29. The van der Waals surface area contributed by atoms with Crippen molar-refractivity contribution in [2.45, 2.75) is 24.5 Å². The van der Waals surface area contributed by atoms with Crippen LogP contribution in [0.5, 0.6) is 0 Å². The van der Waals surface area contributed by atoms with Crippen LogP contribution >= 0.6 is 0 Å². The Hall–Kier alpha value is -5.62. The SMILES string of the molecule is O=C(OC[C@H]1O[C@@H](n2ncc3c(=O)[nH]cnc32)[C@H](OC(=O)c2ccccc2)[C@@H]1OC(=O)c1ccccc1)c1ccccc1. The lowest BCUT2D eigenvalue weighted by Crippen LogP contribution is -2.41. The molecule has 43 heavy (non-hydrogen) atoms. The number of aromatic nitrogens is 4. The van der Waals surface area contributed by atoms with E-state index in [2.05, 4.69) is 15.1 Å². The molecule has 4 atom stereocenters. The number of fused-ring (bicyclic) bond motifs is 1. The van der Waals surface area contributed by atoms with Gasteiger partial charge >= 0.3 is 17.9 Å². The molecule has 0 amide bonds. The Balaban J connectivity index is 1.37. The number of esters is 3. The number of ether oxygens (including phenoxy) is 4. The van der Waals surface area contributed by atoms with Crippen molar-refractivity contribution in [3.63, 3.8) is 0 Å². The van der Waals surface area contributed by atoms with Crippen LogP contribution in [0.1, 0.15) is 37.3 Å². The third-order valence-corrected chi connectivity index (χ3v) is 6.82. The van der Waals surface area contributed by atoms with E-state index in [0.717, 1.165) is 0 Å². The molecular formula is C31H24N4O8. The fourth-order valence-electron chi connectivity index (χ4n) is 4.71. The maximum atomic E-state index is 13.3. The third-order valence-electron chi connectivity index (χ3n) is 6.82. The van der Waals surface area contributed by atoms with Gasteiger partial charge in [0.15, 0.2) is 24.1 Å². The maximum absolute atomic E-state index is 13.3. The molecule has 2 aromatic heterocycles. The van der Waals surface area contributed by atoms with Crippen molar-refractivity contribution < 1.29 is 33.3 Å². The highest BCUT2D eigenvalue weighted by atomic mass is 16.7. The fourth-order valence-corrected chi connectivity index (χ4v) is 4.71. The number of hydrogen-bond acceptors (Lipinski definition) is 10. The standard InChI is InChI=1S/C31H24N4O8/c36-27-22-16-34-35(26(22)32-18-33-27)28-25(43-31(39)21-14-8-3-9-15-21)24(42-30(38)20-12-6-2-7-13-20)23(41-28)17-40-29(37)19-10-4-1-5-11-19/h1-16,18,23-25,28H,17H2,(H,32,33,36)/t23-,24-,25-,28-/m1/s1. The summed E-state index contributed by atoms with van der Waals surface area (Å²) in [5.74, 6) is -2.06. The van der Waals surface area contributed by atoms with E-state index < -0.39 is 48.0 Å². The Bertz CT molecular complexity index is 1810. The van der Waals surface area contributed by atoms with Gasteiger partial charge in [0, 0.05) is 0 Å². The molecule has 0 radical (unpaired) electrons. The number of rotatable bonds is 8. The number of carbonyl (C=O) groups excluding carboxylic acids is 3. The van der Waals surface area contributed by atoms with E-state index in [0.29, 0.717) is 5.56 Å². The molecule has 1 aliphatic heterocycles. The van der Waals surface area contributed by atoms with Gasteiger partial charge in [-0.2, -0.15) is 5.10 Å². The second-order valence-electron chi connectivity index (χ2n) is 9.56. The van der Waals surface area contributed by atoms with Crippen LogP contribution in [0, 0.1) is 0 Å². The summed E-state index contributed by atoms with van der Waals surface area (Å²) in [6.45, 7) is -0.358. The molecule has 0 saturated carbocycles. The molecule has 0 unspecified atom stereocenters. The lowest BCUT2D eigenvalue weighted by atomic mass is 10.1. The third kappa shape index (κ3) is 5.76. The van der Waals surface area contributed by atoms with Gasteiger partial charge in [0.25, 0.3) is 5.56 Å². The van der Waals surface area contributed by atoms with Gasteiger partial charge in [0.2, 0.25) is 0 Å². The number of H-pyrrole nitrogens is 1. The Kier molecular flexibility index (Phi) is 7.74. The molecule has 0 bridgehead atoms. The van der Waals surface area contributed by atoms with Crippen LogP contribution in [0.3, 0.4) is 0 Å². The zero-order valence-corrected chi connectivity index (χ0v) is 22.4. The van der Waals surface area contributed by atoms with Crippen LogP contribution in [-0.4, -0.2) is 62.6 Å². The smallest absolute Gasteiger partial charge is 0.338 e. The largest absolute Gasteiger partial charge is 0.459 e. The van der Waals surface area contributed by atoms with Crippen molar-refractivity contribution in [3.8, 4) is 0 Å². The molecule has 5 aromatic rings. The van der Waals surface area contributed by atoms with Crippen LogP contribution in [0.4, 0.5) is 0 Å². The topological polar surface area (TPSA) is 152 Å². The molecule has 1 fully saturated rings. The van der Waals surface area contributed by atoms with Gasteiger partial charge < -0.3 is 23.9 Å². The van der Waals surface area contributed by atoms with Crippen molar-refractivity contribution in [2.24, 2.45) is 0 Å². The van der Waals surface area contributed by atoms with Crippen molar-refractivity contribution >= 4 is 28.9 Å². The van der Waals surface area contributed by atoms with Crippen LogP contribution in [0.25, 0.3) is 11.0 Å². The first-order valence-corrected chi connectivity index (χ1v) is 13.3. The molecule has 0 aliphatic carbocycles. The number of hydrogen-bond donors (Lipinski definition) is 1. The van der Waals surface area contributed by atoms with Crippen LogP contribution in [0.15, 0.2) is 108 Å². The average Bonchev–Trinajstić information content (AvgIpc) is 3.63. The van der Waals surface area contributed by atoms with E-state index in [1.165, 1.54) is 17.2 Å². The van der Waals surface area contributed by atoms with Crippen molar-refractivity contribution in [1.82, 2.24) is 19.7 Å². The zero-order chi connectivity index (χ0) is 29.8. The summed E-state index contributed by atoms with van der Waals surface area (Å²) >= 11 is 0. The predicted molar refractivity (Wildman–Crippen MR) is 150 cm³/mol. The summed E-state index contributed by atoms with van der Waals surface area (Å²) in [5.41, 5.74) is 0.505. The molecule has 12 nitrogen and oxygen atoms in total. The van der Waals surface area contributed by atoms with E-state index in [4.69, 9.17) is 18.9 Å². The van der Waals surface area contributed by atoms with E-state index in [1.54, 1.807) is 91.0 Å². The molecule has 1 N–H and O–H groups in total. The number of carbonyl (C=O) groups is 3. The highest BCUT2D eigenvalue weighted by molar-refractivity contribution is 5.91. The summed E-state index contributed by atoms with van der Waals surface area (Å²) in [7, 11) is 0. The summed E-state index contributed by atoms with van der Waals surface area (Å²) in [6.07, 6.45) is -2.35. The molecule has 12 heteroatoms. The average molecular weight is 581 g/mol. The summed E-state index contributed by atoms with van der Waals surface area (Å²) in [6, 6.07) is 24.8. The van der Waals surface area contributed by atoms with Gasteiger partial charge in [0.05, 0.1) is 29.2 Å². The molecule has 1 saturated heterocycles. The molecule has 6 rings (SSSR count). The van der Waals surface area contributed by atoms with Crippen molar-refractivity contribution in [3.05, 3.63) is 131 Å². The molecule has 3 aromatic carbocycles. The quantitative estimate of drug-likeness (QED) is 0.214. The summed E-state index contributed by atoms with van der Waals surface area (Å²) in [5, 5.41) is 4.45. The van der Waals surface area contributed by atoms with Crippen molar-refractivity contribution in [2.75, 3.05) is 6.61 Å². The van der Waals surface area contributed by atoms with Gasteiger partial charge in [0.1, 0.15) is 18.1 Å². The van der Waals surface area contributed by atoms with E-state index >= 15 is 0 Å². The molecule has 216 valence electrons. The van der Waals surface area contributed by atoms with Gasteiger partial charge in [-0.05, 0) is 36.4 Å². The molecule has 3 heterocycles. The Morgan fingerprint density at radius 2 is 1.30 bits per heavy atom. The van der Waals surface area contributed by atoms with Crippen LogP contribution in [-0.2, 0) is 18.9 Å². The van der Waals surface area contributed by atoms with E-state index in [-0.39, 0.29) is 28.8 Å². The van der Waals surface area contributed by atoms with E-state index in [1.807, 2.05) is 0 Å². The first-order chi connectivity index (χ1) is 21.0. The lowest BCUT2D eigenvalue weighted by molar-refractivity contribution is -0.0654. The Morgan fingerprint density at radius 3 is 1.88 bits per heavy atom. The second-order valence-corrected chi connectivity index (χ2v) is 9.56. The van der Waals surface area contributed by atoms with Gasteiger partial charge in [-0.25, -0.2) is 24.0 Å². The van der Waals surface area contributed by atoms with Gasteiger partial charge in [-0.15, -0.1) is 0 Å². The van der Waals surface area contributed by atoms with Gasteiger partial charge in [-0.1, -0.05) is 54.6 Å². The number of aromatic amines is 1. The highest BCUT2D eigenvalue weighted by Gasteiger charge is 2.52. The lowest BCUT2D eigenvalue weighted by Gasteiger charge is -2.24. The molecular weight excluding hydrogens is 556 g/mol. The first-order valence-electron chi connectivity index (χ1n) is 13.3. The Labute approximate surface area is 243 Å². The second kappa shape index (κ2) is 12.1. The number of benzene rings is 3. The number of nitrogens with one attached hydrogen (secondary N) is 1. The zero-order valence-electron chi connectivity index (χ0n) is 22.4. The normalized spacial score (nSPS) is 19.5. The summed E-state index contributed by atoms with van der Waals surface area (Å²) < 4.78 is 24.9. The van der Waals surface area contributed by atoms with Crippen molar-refractivity contribution in [1.29, 1.82) is 0 Å². The maximum Gasteiger partial charge on any atom is 0.338 e. The van der Waals surface area contributed by atoms with Crippen LogP contribution < -0.4 is 5.56 Å². The van der Waals surface area contributed by atoms with E-state index in [9.17, 15) is 19.2 Å². The molecule has 1 aliphatic rings. The fraction of sp³-hybridized carbons (Fsp3) is 0.161.